The molecule has 5 heteroatoms. The van der Waals surface area contributed by atoms with Gasteiger partial charge in [0.25, 0.3) is 0 Å². The highest BCUT2D eigenvalue weighted by Gasteiger charge is 2.41. The Morgan fingerprint density at radius 3 is 2.76 bits per heavy atom. The lowest BCUT2D eigenvalue weighted by Gasteiger charge is -2.26. The van der Waals surface area contributed by atoms with Crippen LogP contribution in [0.5, 0.6) is 0 Å². The molecular weight excluding hydrogens is 266 g/mol. The monoisotopic (exact) mass is 289 g/mol. The van der Waals surface area contributed by atoms with E-state index >= 15 is 0 Å². The number of nitrogens with one attached hydrogen (secondary N) is 1. The molecule has 3 atom stereocenters. The van der Waals surface area contributed by atoms with E-state index in [2.05, 4.69) is 22.6 Å². The van der Waals surface area contributed by atoms with Gasteiger partial charge in [0.2, 0.25) is 0 Å². The fraction of sp³-hybridized carbons (Fsp3) is 0.562. The molecule has 1 aliphatic carbocycles. The van der Waals surface area contributed by atoms with Crippen molar-refractivity contribution in [2.24, 2.45) is 16.8 Å². The molecular formula is C16H23N3O2. The van der Waals surface area contributed by atoms with Crippen LogP contribution in [0.4, 0.5) is 0 Å². The quantitative estimate of drug-likeness (QED) is 0.324. The minimum absolute atomic E-state index is 0.0510. The van der Waals surface area contributed by atoms with E-state index in [-0.39, 0.29) is 11.9 Å². The molecule has 0 spiro atoms. The molecule has 21 heavy (non-hydrogen) atoms. The first-order valence-electron chi connectivity index (χ1n) is 7.67. The summed E-state index contributed by atoms with van der Waals surface area (Å²) in [5.74, 6) is 0.962. The van der Waals surface area contributed by atoms with Crippen molar-refractivity contribution in [2.45, 2.75) is 43.9 Å². The second-order valence-corrected chi connectivity index (χ2v) is 5.99. The van der Waals surface area contributed by atoms with Crippen LogP contribution < -0.4 is 11.1 Å². The third-order valence-electron chi connectivity index (χ3n) is 4.38. The fourth-order valence-corrected chi connectivity index (χ4v) is 3.15. The van der Waals surface area contributed by atoms with Crippen molar-refractivity contribution in [2.75, 3.05) is 6.61 Å². The summed E-state index contributed by atoms with van der Waals surface area (Å²) in [4.78, 5) is 0. The Balaban J connectivity index is 1.72. The van der Waals surface area contributed by atoms with Gasteiger partial charge in [0.1, 0.15) is 5.84 Å². The second kappa shape index (κ2) is 6.45. The molecule has 2 aliphatic rings. The van der Waals surface area contributed by atoms with Gasteiger partial charge >= 0.3 is 0 Å². The van der Waals surface area contributed by atoms with Gasteiger partial charge in [-0.1, -0.05) is 35.5 Å². The lowest BCUT2D eigenvalue weighted by molar-refractivity contribution is 0.0790. The summed E-state index contributed by atoms with van der Waals surface area (Å²) < 4.78 is 5.88. The molecule has 3 rings (SSSR count). The molecule has 1 aromatic carbocycles. The molecule has 1 saturated heterocycles. The Kier molecular flexibility index (Phi) is 4.41. The molecule has 0 radical (unpaired) electrons. The Bertz CT molecular complexity index is 488. The number of hydrogen-bond acceptors (Lipinski definition) is 4. The first kappa shape index (κ1) is 14.4. The Morgan fingerprint density at radius 2 is 2.10 bits per heavy atom. The van der Waals surface area contributed by atoms with Gasteiger partial charge in [-0.25, -0.2) is 0 Å². The number of amidine groups is 1. The summed E-state index contributed by atoms with van der Waals surface area (Å²) >= 11 is 0. The third-order valence-corrected chi connectivity index (χ3v) is 4.38. The lowest BCUT2D eigenvalue weighted by atomic mass is 9.99. The number of hydrogen-bond donors (Lipinski definition) is 3. The van der Waals surface area contributed by atoms with Gasteiger partial charge in [0.05, 0.1) is 6.10 Å². The zero-order chi connectivity index (χ0) is 14.7. The number of oxime groups is 1. The topological polar surface area (TPSA) is 79.9 Å². The minimum Gasteiger partial charge on any atom is -0.409 e. The minimum atomic E-state index is 0.0510. The van der Waals surface area contributed by atoms with E-state index in [1.807, 2.05) is 18.2 Å². The first-order chi connectivity index (χ1) is 10.3. The maximum atomic E-state index is 8.85. The van der Waals surface area contributed by atoms with Crippen LogP contribution in [-0.2, 0) is 4.74 Å². The van der Waals surface area contributed by atoms with Gasteiger partial charge in [0.15, 0.2) is 0 Å². The SMILES string of the molecule is N/C(CC(NC1CCOC1C1CC1)c1ccccc1)=N/O. The van der Waals surface area contributed by atoms with Crippen molar-refractivity contribution >= 4 is 5.84 Å². The molecule has 0 bridgehead atoms. The number of nitrogens with two attached hydrogens (primary N) is 1. The smallest absolute Gasteiger partial charge is 0.141 e. The van der Waals surface area contributed by atoms with E-state index in [1.54, 1.807) is 0 Å². The van der Waals surface area contributed by atoms with Crippen molar-refractivity contribution < 1.29 is 9.94 Å². The van der Waals surface area contributed by atoms with Crippen molar-refractivity contribution in [1.82, 2.24) is 5.32 Å². The molecule has 1 heterocycles. The highest BCUT2D eigenvalue weighted by molar-refractivity contribution is 5.80. The molecule has 114 valence electrons. The molecule has 5 nitrogen and oxygen atoms in total. The molecule has 2 fully saturated rings. The van der Waals surface area contributed by atoms with Crippen molar-refractivity contribution in [3.8, 4) is 0 Å². The predicted octanol–water partition coefficient (Wildman–Crippen LogP) is 2.02. The Morgan fingerprint density at radius 1 is 1.33 bits per heavy atom. The predicted molar refractivity (Wildman–Crippen MR) is 81.2 cm³/mol. The normalized spacial score (nSPS) is 27.7. The maximum absolute atomic E-state index is 8.85. The summed E-state index contributed by atoms with van der Waals surface area (Å²) in [5, 5.41) is 15.6. The van der Waals surface area contributed by atoms with Gasteiger partial charge in [-0.05, 0) is 30.7 Å². The van der Waals surface area contributed by atoms with Crippen LogP contribution in [0.2, 0.25) is 0 Å². The van der Waals surface area contributed by atoms with E-state index in [9.17, 15) is 0 Å². The van der Waals surface area contributed by atoms with Crippen LogP contribution >= 0.6 is 0 Å². The van der Waals surface area contributed by atoms with Crippen LogP contribution in [0, 0.1) is 5.92 Å². The van der Waals surface area contributed by atoms with E-state index < -0.39 is 0 Å². The largest absolute Gasteiger partial charge is 0.409 e. The van der Waals surface area contributed by atoms with E-state index in [0.29, 0.717) is 24.5 Å². The zero-order valence-electron chi connectivity index (χ0n) is 12.1. The van der Waals surface area contributed by atoms with Gasteiger partial charge in [0, 0.05) is 25.1 Å². The van der Waals surface area contributed by atoms with Gasteiger partial charge in [-0.3, -0.25) is 0 Å². The molecule has 1 aliphatic heterocycles. The van der Waals surface area contributed by atoms with Crippen molar-refractivity contribution in [3.05, 3.63) is 35.9 Å². The molecule has 0 aromatic heterocycles. The number of benzene rings is 1. The standard InChI is InChI=1S/C16H23N3O2/c17-15(19-20)10-14(11-4-2-1-3-5-11)18-13-8-9-21-16(13)12-6-7-12/h1-5,12-14,16,18,20H,6-10H2,(H2,17,19). The average Bonchev–Trinajstić information content (AvgIpc) is 3.27. The maximum Gasteiger partial charge on any atom is 0.141 e. The Labute approximate surface area is 125 Å². The summed E-state index contributed by atoms with van der Waals surface area (Å²) in [6.45, 7) is 0.823. The third kappa shape index (κ3) is 3.54. The van der Waals surface area contributed by atoms with Gasteiger partial charge in [-0.15, -0.1) is 0 Å². The summed E-state index contributed by atoms with van der Waals surface area (Å²) in [6, 6.07) is 10.6. The van der Waals surface area contributed by atoms with Crippen LogP contribution in [0.3, 0.4) is 0 Å². The van der Waals surface area contributed by atoms with E-state index in [4.69, 9.17) is 15.7 Å². The first-order valence-corrected chi connectivity index (χ1v) is 7.67. The highest BCUT2D eigenvalue weighted by atomic mass is 16.5. The fourth-order valence-electron chi connectivity index (χ4n) is 3.15. The Hall–Kier alpha value is -1.59. The number of ether oxygens (including phenoxy) is 1. The van der Waals surface area contributed by atoms with E-state index in [0.717, 1.165) is 18.6 Å². The highest BCUT2D eigenvalue weighted by Crippen LogP contribution is 2.39. The van der Waals surface area contributed by atoms with Crippen LogP contribution in [0.1, 0.15) is 37.3 Å². The van der Waals surface area contributed by atoms with Gasteiger partial charge < -0.3 is 21.0 Å². The van der Waals surface area contributed by atoms with Crippen LogP contribution in [-0.4, -0.2) is 29.8 Å². The summed E-state index contributed by atoms with van der Waals surface area (Å²) in [7, 11) is 0. The molecule has 4 N–H and O–H groups in total. The number of rotatable bonds is 6. The van der Waals surface area contributed by atoms with Crippen molar-refractivity contribution in [3.63, 3.8) is 0 Å². The summed E-state index contributed by atoms with van der Waals surface area (Å²) in [6.07, 6.45) is 4.40. The second-order valence-electron chi connectivity index (χ2n) is 5.99. The molecule has 1 aromatic rings. The van der Waals surface area contributed by atoms with Gasteiger partial charge in [-0.2, -0.15) is 0 Å². The summed E-state index contributed by atoms with van der Waals surface area (Å²) in [5.41, 5.74) is 6.88. The number of nitrogens with zero attached hydrogens (tertiary/aromatic N) is 1. The molecule has 1 saturated carbocycles. The average molecular weight is 289 g/mol. The van der Waals surface area contributed by atoms with Crippen LogP contribution in [0.25, 0.3) is 0 Å². The molecule has 3 unspecified atom stereocenters. The molecule has 0 amide bonds. The van der Waals surface area contributed by atoms with Crippen LogP contribution in [0.15, 0.2) is 35.5 Å². The lowest BCUT2D eigenvalue weighted by Crippen LogP contribution is -2.41. The van der Waals surface area contributed by atoms with E-state index in [1.165, 1.54) is 12.8 Å². The zero-order valence-corrected chi connectivity index (χ0v) is 12.1. The van der Waals surface area contributed by atoms with Crippen molar-refractivity contribution in [1.29, 1.82) is 0 Å².